The maximum atomic E-state index is 13.2. The van der Waals surface area contributed by atoms with Crippen LogP contribution in [-0.2, 0) is 9.59 Å². The van der Waals surface area contributed by atoms with Crippen molar-refractivity contribution < 1.29 is 19.1 Å². The molecular weight excluding hydrogens is 454 g/mol. The first-order valence-corrected chi connectivity index (χ1v) is 12.9. The summed E-state index contributed by atoms with van der Waals surface area (Å²) in [6, 6.07) is 5.20. The normalized spacial score (nSPS) is 20.1. The maximum absolute atomic E-state index is 13.2. The first-order chi connectivity index (χ1) is 16.7. The van der Waals surface area contributed by atoms with E-state index in [-0.39, 0.29) is 18.4 Å². The molecule has 1 atom stereocenters. The van der Waals surface area contributed by atoms with Crippen LogP contribution in [0, 0.1) is 5.92 Å². The van der Waals surface area contributed by atoms with Crippen LogP contribution < -0.4 is 20.2 Å². The number of hydrogen-bond acceptors (Lipinski definition) is 8. The van der Waals surface area contributed by atoms with E-state index in [1.165, 1.54) is 30.6 Å². The minimum atomic E-state index is -0.476. The Morgan fingerprint density at radius 2 is 1.97 bits per heavy atom. The number of hydrogen-bond donors (Lipinski definition) is 2. The highest BCUT2D eigenvalue weighted by Gasteiger charge is 2.36. The molecule has 1 aromatic carbocycles. The second kappa shape index (κ2) is 10.6. The summed E-state index contributed by atoms with van der Waals surface area (Å²) in [5, 5.41) is 7.23. The van der Waals surface area contributed by atoms with Gasteiger partial charge in [0.1, 0.15) is 19.3 Å². The number of nitrogens with one attached hydrogen (secondary N) is 2. The van der Waals surface area contributed by atoms with Gasteiger partial charge in [0.15, 0.2) is 16.6 Å². The third-order valence-corrected chi connectivity index (χ3v) is 7.40. The van der Waals surface area contributed by atoms with Crippen molar-refractivity contribution in [2.24, 2.45) is 5.92 Å². The molecule has 1 aliphatic carbocycles. The summed E-state index contributed by atoms with van der Waals surface area (Å²) in [7, 11) is 0. The van der Waals surface area contributed by atoms with Gasteiger partial charge in [0.2, 0.25) is 11.8 Å². The number of anilines is 2. The summed E-state index contributed by atoms with van der Waals surface area (Å²) >= 11 is 1.39. The number of thiazole rings is 1. The quantitative estimate of drug-likeness (QED) is 0.621. The molecule has 0 radical (unpaired) electrons. The molecule has 1 unspecified atom stereocenters. The van der Waals surface area contributed by atoms with Crippen molar-refractivity contribution in [3.8, 4) is 11.5 Å². The summed E-state index contributed by atoms with van der Waals surface area (Å²) in [5.41, 5.74) is 4.15. The molecule has 3 heterocycles. The van der Waals surface area contributed by atoms with Gasteiger partial charge in [-0.2, -0.15) is 0 Å². The second-order valence-electron chi connectivity index (χ2n) is 9.06. The van der Waals surface area contributed by atoms with Gasteiger partial charge >= 0.3 is 0 Å². The summed E-state index contributed by atoms with van der Waals surface area (Å²) < 4.78 is 11.2. The Hall–Kier alpha value is -2.85. The number of carbonyl (C=O) groups excluding carboxylic acids is 2. The first kappa shape index (κ1) is 22.9. The van der Waals surface area contributed by atoms with Crippen molar-refractivity contribution in [2.45, 2.75) is 44.6 Å². The summed E-state index contributed by atoms with van der Waals surface area (Å²) in [6.45, 7) is 2.37. The number of ether oxygens (including phenoxy) is 2. The third kappa shape index (κ3) is 5.44. The predicted molar refractivity (Wildman–Crippen MR) is 130 cm³/mol. The van der Waals surface area contributed by atoms with E-state index in [2.05, 4.69) is 15.7 Å². The molecule has 3 aliphatic rings. The van der Waals surface area contributed by atoms with E-state index in [1.54, 1.807) is 11.1 Å². The molecule has 1 saturated heterocycles. The Bertz CT molecular complexity index is 995. The minimum Gasteiger partial charge on any atom is -0.486 e. The van der Waals surface area contributed by atoms with Crippen molar-refractivity contribution in [3.63, 3.8) is 0 Å². The minimum absolute atomic E-state index is 0.0496. The molecule has 1 aromatic heterocycles. The molecule has 2 N–H and O–H groups in total. The molecule has 2 fully saturated rings. The highest BCUT2D eigenvalue weighted by atomic mass is 32.1. The van der Waals surface area contributed by atoms with Crippen LogP contribution in [0.5, 0.6) is 11.5 Å². The molecule has 5 rings (SSSR count). The Morgan fingerprint density at radius 1 is 1.15 bits per heavy atom. The Balaban J connectivity index is 1.24. The van der Waals surface area contributed by atoms with Gasteiger partial charge < -0.3 is 25.1 Å². The smallest absolute Gasteiger partial charge is 0.248 e. The lowest BCUT2D eigenvalue weighted by atomic mass is 9.84. The molecule has 0 spiro atoms. The largest absolute Gasteiger partial charge is 0.486 e. The number of aromatic nitrogens is 1. The molecular formula is C24H31N5O4S. The Kier molecular flexibility index (Phi) is 7.15. The highest BCUT2D eigenvalue weighted by molar-refractivity contribution is 7.13. The van der Waals surface area contributed by atoms with Crippen LogP contribution >= 0.6 is 11.3 Å². The number of rotatable bonds is 7. The van der Waals surface area contributed by atoms with E-state index in [0.717, 1.165) is 24.3 Å². The van der Waals surface area contributed by atoms with Crippen LogP contribution in [0.15, 0.2) is 29.8 Å². The van der Waals surface area contributed by atoms with Crippen LogP contribution in [0.4, 0.5) is 10.8 Å². The maximum Gasteiger partial charge on any atom is 0.248 e. The molecule has 2 amide bonds. The van der Waals surface area contributed by atoms with E-state index in [0.29, 0.717) is 49.5 Å². The molecule has 2 aliphatic heterocycles. The van der Waals surface area contributed by atoms with Gasteiger partial charge in [0, 0.05) is 30.7 Å². The van der Waals surface area contributed by atoms with Crippen LogP contribution in [0.25, 0.3) is 0 Å². The number of hydrazine groups is 1. The zero-order valence-corrected chi connectivity index (χ0v) is 20.0. The van der Waals surface area contributed by atoms with Gasteiger partial charge in [-0.25, -0.2) is 9.99 Å². The van der Waals surface area contributed by atoms with Crippen LogP contribution in [0.2, 0.25) is 0 Å². The van der Waals surface area contributed by atoms with E-state index in [1.807, 2.05) is 28.6 Å². The molecule has 0 bridgehead atoms. The highest BCUT2D eigenvalue weighted by Crippen LogP contribution is 2.33. The predicted octanol–water partition coefficient (Wildman–Crippen LogP) is 3.36. The molecule has 9 nitrogen and oxygen atoms in total. The molecule has 34 heavy (non-hydrogen) atoms. The SMILES string of the molecule is O=C(Nc1nccs1)C(CC1CCCCC1)N1CCN(Nc2ccc3c(c2)OCCO3)CC1=O. The number of carbonyl (C=O) groups is 2. The number of nitrogens with zero attached hydrogens (tertiary/aromatic N) is 3. The van der Waals surface area contributed by atoms with Crippen LogP contribution in [0.1, 0.15) is 38.5 Å². The molecule has 1 saturated carbocycles. The average molecular weight is 486 g/mol. The number of fused-ring (bicyclic) bond motifs is 1. The monoisotopic (exact) mass is 485 g/mol. The average Bonchev–Trinajstić information content (AvgIpc) is 3.37. The lowest BCUT2D eigenvalue weighted by Gasteiger charge is -2.40. The lowest BCUT2D eigenvalue weighted by Crippen LogP contribution is -2.58. The van der Waals surface area contributed by atoms with Gasteiger partial charge in [0.05, 0.1) is 12.2 Å². The number of piperazine rings is 1. The van der Waals surface area contributed by atoms with Gasteiger partial charge in [-0.3, -0.25) is 9.59 Å². The van der Waals surface area contributed by atoms with Crippen molar-refractivity contribution in [2.75, 3.05) is 43.6 Å². The standard InChI is InChI=1S/C24H31N5O4S/c30-22-16-28(27-18-6-7-20-21(15-18)33-12-11-32-20)9-10-29(22)19(14-17-4-2-1-3-5-17)23(31)26-24-25-8-13-34-24/h6-8,13,15,17,19,27H,1-5,9-12,14,16H2,(H,25,26,31). The Labute approximate surface area is 203 Å². The lowest BCUT2D eigenvalue weighted by molar-refractivity contribution is -0.143. The van der Waals surface area contributed by atoms with Gasteiger partial charge in [-0.1, -0.05) is 32.1 Å². The van der Waals surface area contributed by atoms with Crippen LogP contribution in [-0.4, -0.2) is 65.6 Å². The van der Waals surface area contributed by atoms with Gasteiger partial charge in [0.25, 0.3) is 0 Å². The van der Waals surface area contributed by atoms with Crippen molar-refractivity contribution in [1.29, 1.82) is 0 Å². The summed E-state index contributed by atoms with van der Waals surface area (Å²) in [6.07, 6.45) is 8.29. The van der Waals surface area contributed by atoms with Crippen molar-refractivity contribution >= 4 is 34.0 Å². The fraction of sp³-hybridized carbons (Fsp3) is 0.542. The topological polar surface area (TPSA) is 96.0 Å². The van der Waals surface area contributed by atoms with Crippen LogP contribution in [0.3, 0.4) is 0 Å². The molecule has 2 aromatic rings. The zero-order valence-electron chi connectivity index (χ0n) is 19.2. The fourth-order valence-corrected chi connectivity index (χ4v) is 5.53. The van der Waals surface area contributed by atoms with Gasteiger partial charge in [-0.05, 0) is 24.5 Å². The van der Waals surface area contributed by atoms with E-state index in [4.69, 9.17) is 9.47 Å². The number of amides is 2. The fourth-order valence-electron chi connectivity index (χ4n) is 5.00. The Morgan fingerprint density at radius 3 is 2.74 bits per heavy atom. The van der Waals surface area contributed by atoms with Crippen molar-refractivity contribution in [3.05, 3.63) is 29.8 Å². The van der Waals surface area contributed by atoms with E-state index < -0.39 is 6.04 Å². The third-order valence-electron chi connectivity index (χ3n) is 6.71. The zero-order chi connectivity index (χ0) is 23.3. The molecule has 182 valence electrons. The van der Waals surface area contributed by atoms with E-state index >= 15 is 0 Å². The van der Waals surface area contributed by atoms with E-state index in [9.17, 15) is 9.59 Å². The second-order valence-corrected chi connectivity index (χ2v) is 9.96. The summed E-state index contributed by atoms with van der Waals surface area (Å²) in [5.74, 6) is 1.72. The molecule has 10 heteroatoms. The number of benzene rings is 1. The first-order valence-electron chi connectivity index (χ1n) is 12.1. The van der Waals surface area contributed by atoms with Gasteiger partial charge in [-0.15, -0.1) is 11.3 Å². The van der Waals surface area contributed by atoms with Crippen molar-refractivity contribution in [1.82, 2.24) is 14.9 Å². The summed E-state index contributed by atoms with van der Waals surface area (Å²) in [4.78, 5) is 32.4.